The molecule has 0 heterocycles. The predicted octanol–water partition coefficient (Wildman–Crippen LogP) is 4.32. The molecule has 0 aliphatic rings. The molecule has 1 aromatic carbocycles. The summed E-state index contributed by atoms with van der Waals surface area (Å²) in [6.45, 7) is 10.4. The highest BCUT2D eigenvalue weighted by atomic mass is 32.2. The van der Waals surface area contributed by atoms with E-state index in [0.717, 1.165) is 29.3 Å². The van der Waals surface area contributed by atoms with Crippen LogP contribution in [0.25, 0.3) is 0 Å². The molecule has 0 fully saturated rings. The Labute approximate surface area is 115 Å². The van der Waals surface area contributed by atoms with E-state index < -0.39 is 0 Å². The van der Waals surface area contributed by atoms with Gasteiger partial charge in [0.15, 0.2) is 0 Å². The van der Waals surface area contributed by atoms with Crippen molar-refractivity contribution in [3.8, 4) is 0 Å². The van der Waals surface area contributed by atoms with E-state index in [1.807, 2.05) is 6.07 Å². The maximum atomic E-state index is 13.8. The Morgan fingerprint density at radius 2 is 1.89 bits per heavy atom. The minimum absolute atomic E-state index is 0.0931. The van der Waals surface area contributed by atoms with Crippen molar-refractivity contribution in [2.75, 3.05) is 12.3 Å². The van der Waals surface area contributed by atoms with Crippen LogP contribution in [-0.2, 0) is 6.54 Å². The van der Waals surface area contributed by atoms with Gasteiger partial charge in [-0.15, -0.1) is 11.8 Å². The van der Waals surface area contributed by atoms with E-state index in [-0.39, 0.29) is 5.82 Å². The topological polar surface area (TPSA) is 12.0 Å². The minimum atomic E-state index is -0.0931. The monoisotopic (exact) mass is 269 g/mol. The first-order valence-corrected chi connectivity index (χ1v) is 7.60. The van der Waals surface area contributed by atoms with Crippen LogP contribution in [0.4, 0.5) is 4.39 Å². The van der Waals surface area contributed by atoms with Gasteiger partial charge in [0, 0.05) is 17.2 Å². The summed E-state index contributed by atoms with van der Waals surface area (Å²) in [4.78, 5) is 0.808. The highest BCUT2D eigenvalue weighted by Gasteiger charge is 2.09. The summed E-state index contributed by atoms with van der Waals surface area (Å²) in [6.07, 6.45) is 0. The lowest BCUT2D eigenvalue weighted by Crippen LogP contribution is -2.19. The van der Waals surface area contributed by atoms with Gasteiger partial charge in [0.25, 0.3) is 0 Å². The molecule has 1 aromatic rings. The van der Waals surface area contributed by atoms with Gasteiger partial charge < -0.3 is 5.32 Å². The third kappa shape index (κ3) is 5.40. The van der Waals surface area contributed by atoms with E-state index in [0.29, 0.717) is 11.8 Å². The molecule has 0 aromatic heterocycles. The molecular formula is C15H24FNS. The van der Waals surface area contributed by atoms with Gasteiger partial charge in [0.2, 0.25) is 0 Å². The normalized spacial score (nSPS) is 11.5. The lowest BCUT2D eigenvalue weighted by Gasteiger charge is -2.13. The van der Waals surface area contributed by atoms with Gasteiger partial charge >= 0.3 is 0 Å². The lowest BCUT2D eigenvalue weighted by molar-refractivity contribution is 0.543. The smallest absolute Gasteiger partial charge is 0.137 e. The number of hydrogen-bond acceptors (Lipinski definition) is 2. The van der Waals surface area contributed by atoms with Crippen LogP contribution in [0.1, 0.15) is 33.3 Å². The van der Waals surface area contributed by atoms with E-state index in [1.165, 1.54) is 0 Å². The number of nitrogens with one attached hydrogen (secondary N) is 1. The molecule has 18 heavy (non-hydrogen) atoms. The molecule has 0 spiro atoms. The molecule has 0 radical (unpaired) electrons. The Hall–Kier alpha value is -0.540. The Morgan fingerprint density at radius 1 is 1.17 bits per heavy atom. The molecule has 3 heteroatoms. The third-order valence-corrected chi connectivity index (χ3v) is 4.06. The molecule has 1 N–H and O–H groups in total. The van der Waals surface area contributed by atoms with E-state index in [4.69, 9.17) is 0 Å². The van der Waals surface area contributed by atoms with Crippen molar-refractivity contribution in [2.24, 2.45) is 11.8 Å². The maximum absolute atomic E-state index is 13.8. The highest BCUT2D eigenvalue weighted by Crippen LogP contribution is 2.27. The fourth-order valence-electron chi connectivity index (χ4n) is 1.60. The summed E-state index contributed by atoms with van der Waals surface area (Å²) < 4.78 is 13.8. The second kappa shape index (κ2) is 7.80. The third-order valence-electron chi connectivity index (χ3n) is 2.48. The van der Waals surface area contributed by atoms with E-state index in [1.54, 1.807) is 23.9 Å². The van der Waals surface area contributed by atoms with Gasteiger partial charge in [-0.1, -0.05) is 39.8 Å². The fraction of sp³-hybridized carbons (Fsp3) is 0.600. The summed E-state index contributed by atoms with van der Waals surface area (Å²) in [5, 5.41) is 3.38. The molecular weight excluding hydrogens is 245 g/mol. The zero-order valence-electron chi connectivity index (χ0n) is 11.8. The van der Waals surface area contributed by atoms with Gasteiger partial charge in [-0.25, -0.2) is 4.39 Å². The van der Waals surface area contributed by atoms with Crippen LogP contribution in [0.2, 0.25) is 0 Å². The van der Waals surface area contributed by atoms with Crippen molar-refractivity contribution in [2.45, 2.75) is 39.1 Å². The highest BCUT2D eigenvalue weighted by molar-refractivity contribution is 7.99. The van der Waals surface area contributed by atoms with Crippen LogP contribution in [0.5, 0.6) is 0 Å². The summed E-state index contributed by atoms with van der Waals surface area (Å²) >= 11 is 1.63. The molecule has 102 valence electrons. The maximum Gasteiger partial charge on any atom is 0.137 e. The zero-order valence-corrected chi connectivity index (χ0v) is 12.6. The second-order valence-corrected chi connectivity index (χ2v) is 6.49. The van der Waals surface area contributed by atoms with Crippen LogP contribution in [0.3, 0.4) is 0 Å². The Bertz CT molecular complexity index is 364. The first-order valence-electron chi connectivity index (χ1n) is 6.61. The molecule has 0 unspecified atom stereocenters. The molecule has 0 saturated heterocycles. The van der Waals surface area contributed by atoms with Crippen LogP contribution in [-0.4, -0.2) is 12.3 Å². The van der Waals surface area contributed by atoms with Gasteiger partial charge in [0.05, 0.1) is 0 Å². The molecule has 1 nitrogen and oxygen atoms in total. The average Bonchev–Trinajstić information content (AvgIpc) is 2.27. The number of benzene rings is 1. The average molecular weight is 269 g/mol. The number of rotatable bonds is 7. The standard InChI is InChI=1S/C15H24FNS/c1-11(2)8-17-9-13-6-5-7-14(16)15(13)18-10-12(3)4/h5-7,11-12,17H,8-10H2,1-4H3. The number of thioether (sulfide) groups is 1. The van der Waals surface area contributed by atoms with Crippen molar-refractivity contribution in [3.05, 3.63) is 29.6 Å². The Morgan fingerprint density at radius 3 is 2.50 bits per heavy atom. The number of halogens is 1. The van der Waals surface area contributed by atoms with Crippen molar-refractivity contribution in [1.29, 1.82) is 0 Å². The first-order chi connectivity index (χ1) is 8.50. The quantitative estimate of drug-likeness (QED) is 0.740. The molecule has 1 rings (SSSR count). The second-order valence-electron chi connectivity index (χ2n) is 5.46. The fourth-order valence-corrected chi connectivity index (χ4v) is 2.63. The summed E-state index contributed by atoms with van der Waals surface area (Å²) in [5.74, 6) is 2.05. The van der Waals surface area contributed by atoms with Gasteiger partial charge in [-0.05, 0) is 30.0 Å². The largest absolute Gasteiger partial charge is 0.312 e. The molecule has 0 saturated carbocycles. The Balaban J connectivity index is 2.67. The predicted molar refractivity (Wildman–Crippen MR) is 78.5 cm³/mol. The summed E-state index contributed by atoms with van der Waals surface area (Å²) in [6, 6.07) is 5.36. The van der Waals surface area contributed by atoms with E-state index in [2.05, 4.69) is 33.0 Å². The van der Waals surface area contributed by atoms with Crippen LogP contribution in [0, 0.1) is 17.7 Å². The van der Waals surface area contributed by atoms with Crippen LogP contribution in [0.15, 0.2) is 23.1 Å². The van der Waals surface area contributed by atoms with Crippen molar-refractivity contribution < 1.29 is 4.39 Å². The van der Waals surface area contributed by atoms with Crippen LogP contribution >= 0.6 is 11.8 Å². The molecule has 0 aliphatic carbocycles. The van der Waals surface area contributed by atoms with Gasteiger partial charge in [-0.3, -0.25) is 0 Å². The molecule has 0 amide bonds. The zero-order chi connectivity index (χ0) is 13.5. The minimum Gasteiger partial charge on any atom is -0.312 e. The molecule has 0 bridgehead atoms. The van der Waals surface area contributed by atoms with Crippen LogP contribution < -0.4 is 5.32 Å². The van der Waals surface area contributed by atoms with Crippen molar-refractivity contribution in [1.82, 2.24) is 5.32 Å². The summed E-state index contributed by atoms with van der Waals surface area (Å²) in [5.41, 5.74) is 1.07. The van der Waals surface area contributed by atoms with E-state index >= 15 is 0 Å². The van der Waals surface area contributed by atoms with Crippen molar-refractivity contribution >= 4 is 11.8 Å². The first kappa shape index (κ1) is 15.5. The lowest BCUT2D eigenvalue weighted by atomic mass is 10.2. The van der Waals surface area contributed by atoms with Gasteiger partial charge in [0.1, 0.15) is 5.82 Å². The SMILES string of the molecule is CC(C)CNCc1cccc(F)c1SCC(C)C. The Kier molecular flexibility index (Phi) is 6.72. The molecule has 0 atom stereocenters. The summed E-state index contributed by atoms with van der Waals surface area (Å²) in [7, 11) is 0. The molecule has 0 aliphatic heterocycles. The van der Waals surface area contributed by atoms with Crippen molar-refractivity contribution in [3.63, 3.8) is 0 Å². The van der Waals surface area contributed by atoms with Gasteiger partial charge in [-0.2, -0.15) is 0 Å². The van der Waals surface area contributed by atoms with E-state index in [9.17, 15) is 4.39 Å². The number of hydrogen-bond donors (Lipinski definition) is 1.